The highest BCUT2D eigenvalue weighted by molar-refractivity contribution is 7.93. The van der Waals surface area contributed by atoms with Crippen molar-refractivity contribution in [1.82, 2.24) is 10.6 Å². The lowest BCUT2D eigenvalue weighted by Crippen LogP contribution is -2.46. The van der Waals surface area contributed by atoms with Crippen LogP contribution in [0.1, 0.15) is 20.3 Å². The molecule has 0 aliphatic heterocycles. The van der Waals surface area contributed by atoms with E-state index in [9.17, 15) is 18.0 Å². The van der Waals surface area contributed by atoms with E-state index in [2.05, 4.69) is 5.32 Å². The van der Waals surface area contributed by atoms with Gasteiger partial charge in [-0.05, 0) is 26.8 Å². The lowest BCUT2D eigenvalue weighted by atomic mass is 10.3. The SMILES string of the molecule is CNC(=O)NC(=O)C(C)S(=O)(=O)C(C)CCN. The minimum absolute atomic E-state index is 0.226. The molecule has 3 amide bonds. The van der Waals surface area contributed by atoms with Crippen LogP contribution >= 0.6 is 0 Å². The Kier molecular flexibility index (Phi) is 6.11. The van der Waals surface area contributed by atoms with Crippen LogP contribution in [0.15, 0.2) is 0 Å². The molecule has 0 aromatic rings. The number of nitrogens with two attached hydrogens (primary N) is 1. The summed E-state index contributed by atoms with van der Waals surface area (Å²) in [6, 6.07) is -0.733. The smallest absolute Gasteiger partial charge is 0.321 e. The van der Waals surface area contributed by atoms with Crippen LogP contribution in [0, 0.1) is 0 Å². The molecule has 0 saturated heterocycles. The highest BCUT2D eigenvalue weighted by Crippen LogP contribution is 2.12. The summed E-state index contributed by atoms with van der Waals surface area (Å²) < 4.78 is 23.8. The Labute approximate surface area is 101 Å². The number of urea groups is 1. The molecule has 0 aromatic heterocycles. The molecule has 0 fully saturated rings. The molecule has 0 rings (SSSR count). The molecule has 0 bridgehead atoms. The predicted molar refractivity (Wildman–Crippen MR) is 64.1 cm³/mol. The molecule has 0 saturated carbocycles. The number of carbonyl (C=O) groups excluding carboxylic acids is 2. The number of hydrogen-bond acceptors (Lipinski definition) is 5. The molecule has 2 atom stereocenters. The predicted octanol–water partition coefficient (Wildman–Crippen LogP) is -1.02. The first-order valence-corrected chi connectivity index (χ1v) is 6.83. The highest BCUT2D eigenvalue weighted by atomic mass is 32.2. The largest absolute Gasteiger partial charge is 0.341 e. The zero-order valence-corrected chi connectivity index (χ0v) is 11.0. The van der Waals surface area contributed by atoms with Gasteiger partial charge in [0.2, 0.25) is 5.91 Å². The average Bonchev–Trinajstić information content (AvgIpc) is 2.27. The molecule has 0 aliphatic carbocycles. The van der Waals surface area contributed by atoms with E-state index >= 15 is 0 Å². The number of hydrogen-bond donors (Lipinski definition) is 3. The molecular formula is C9H19N3O4S. The van der Waals surface area contributed by atoms with Crippen LogP contribution in [-0.2, 0) is 14.6 Å². The monoisotopic (exact) mass is 265 g/mol. The van der Waals surface area contributed by atoms with Crippen molar-refractivity contribution in [1.29, 1.82) is 0 Å². The summed E-state index contributed by atoms with van der Waals surface area (Å²) in [6.07, 6.45) is 0.278. The van der Waals surface area contributed by atoms with Gasteiger partial charge in [-0.25, -0.2) is 13.2 Å². The van der Waals surface area contributed by atoms with Crippen molar-refractivity contribution < 1.29 is 18.0 Å². The van der Waals surface area contributed by atoms with E-state index in [-0.39, 0.29) is 13.0 Å². The Bertz CT molecular complexity index is 380. The molecule has 8 heteroatoms. The average molecular weight is 265 g/mol. The molecule has 0 spiro atoms. The third-order valence-corrected chi connectivity index (χ3v) is 5.02. The first-order chi connectivity index (χ1) is 7.77. The van der Waals surface area contributed by atoms with Crippen molar-refractivity contribution in [2.45, 2.75) is 30.8 Å². The summed E-state index contributed by atoms with van der Waals surface area (Å²) in [5.74, 6) is -0.840. The second-order valence-electron chi connectivity index (χ2n) is 3.69. The number of amides is 3. The Hall–Kier alpha value is -1.15. The van der Waals surface area contributed by atoms with Crippen molar-refractivity contribution in [2.24, 2.45) is 5.73 Å². The van der Waals surface area contributed by atoms with Gasteiger partial charge in [0.05, 0.1) is 5.25 Å². The fourth-order valence-electron chi connectivity index (χ4n) is 1.17. The number of rotatable bonds is 5. The summed E-state index contributed by atoms with van der Waals surface area (Å²) in [7, 11) is -2.29. The summed E-state index contributed by atoms with van der Waals surface area (Å²) in [5, 5.41) is 2.12. The third-order valence-electron chi connectivity index (χ3n) is 2.46. The Balaban J connectivity index is 4.74. The van der Waals surface area contributed by atoms with Gasteiger partial charge in [0.1, 0.15) is 5.25 Å². The fraction of sp³-hybridized carbons (Fsp3) is 0.778. The van der Waals surface area contributed by atoms with Crippen LogP contribution in [0.2, 0.25) is 0 Å². The normalized spacial score (nSPS) is 14.8. The van der Waals surface area contributed by atoms with Crippen LogP contribution in [0.3, 0.4) is 0 Å². The van der Waals surface area contributed by atoms with Gasteiger partial charge >= 0.3 is 6.03 Å². The molecule has 7 nitrogen and oxygen atoms in total. The first kappa shape index (κ1) is 15.9. The molecule has 2 unspecified atom stereocenters. The van der Waals surface area contributed by atoms with Gasteiger partial charge in [0.15, 0.2) is 9.84 Å². The molecular weight excluding hydrogens is 246 g/mol. The Morgan fingerprint density at radius 1 is 1.29 bits per heavy atom. The van der Waals surface area contributed by atoms with Crippen molar-refractivity contribution in [3.8, 4) is 0 Å². The lowest BCUT2D eigenvalue weighted by molar-refractivity contribution is -0.119. The number of sulfone groups is 1. The quantitative estimate of drug-likeness (QED) is 0.588. The molecule has 4 N–H and O–H groups in total. The molecule has 0 aromatic carbocycles. The highest BCUT2D eigenvalue weighted by Gasteiger charge is 2.33. The van der Waals surface area contributed by atoms with E-state index in [1.54, 1.807) is 0 Å². The molecule has 0 aliphatic rings. The Morgan fingerprint density at radius 3 is 2.24 bits per heavy atom. The second kappa shape index (κ2) is 6.55. The number of nitrogens with one attached hydrogen (secondary N) is 2. The molecule has 0 heterocycles. The molecule has 0 radical (unpaired) electrons. The molecule has 100 valence electrons. The van der Waals surface area contributed by atoms with E-state index < -0.39 is 32.3 Å². The van der Waals surface area contributed by atoms with Gasteiger partial charge in [-0.1, -0.05) is 0 Å². The van der Waals surface area contributed by atoms with E-state index in [1.807, 2.05) is 5.32 Å². The van der Waals surface area contributed by atoms with Gasteiger partial charge in [-0.3, -0.25) is 10.1 Å². The van der Waals surface area contributed by atoms with E-state index in [0.717, 1.165) is 0 Å². The van der Waals surface area contributed by atoms with Crippen LogP contribution in [0.5, 0.6) is 0 Å². The molecule has 17 heavy (non-hydrogen) atoms. The summed E-state index contributed by atoms with van der Waals surface area (Å²) in [6.45, 7) is 2.97. The maximum Gasteiger partial charge on any atom is 0.321 e. The van der Waals surface area contributed by atoms with Crippen molar-refractivity contribution >= 4 is 21.8 Å². The minimum atomic E-state index is -3.63. The van der Waals surface area contributed by atoms with Gasteiger partial charge in [-0.2, -0.15) is 0 Å². The van der Waals surface area contributed by atoms with Gasteiger partial charge < -0.3 is 11.1 Å². The van der Waals surface area contributed by atoms with E-state index in [4.69, 9.17) is 5.73 Å². The third kappa shape index (κ3) is 4.31. The van der Waals surface area contributed by atoms with Crippen molar-refractivity contribution in [2.75, 3.05) is 13.6 Å². The maximum atomic E-state index is 11.9. The van der Waals surface area contributed by atoms with Crippen LogP contribution in [0.4, 0.5) is 4.79 Å². The maximum absolute atomic E-state index is 11.9. The summed E-state index contributed by atoms with van der Waals surface area (Å²) in [5.41, 5.74) is 5.28. The van der Waals surface area contributed by atoms with Crippen molar-refractivity contribution in [3.05, 3.63) is 0 Å². The zero-order valence-electron chi connectivity index (χ0n) is 10.2. The van der Waals surface area contributed by atoms with Crippen LogP contribution in [0.25, 0.3) is 0 Å². The standard InChI is InChI=1S/C9H19N3O4S/c1-6(4-5-10)17(15,16)7(2)8(13)12-9(14)11-3/h6-7H,4-5,10H2,1-3H3,(H2,11,12,13,14). The summed E-state index contributed by atoms with van der Waals surface area (Å²) in [4.78, 5) is 22.4. The first-order valence-electron chi connectivity index (χ1n) is 5.22. The second-order valence-corrected chi connectivity index (χ2v) is 6.38. The zero-order chi connectivity index (χ0) is 13.6. The van der Waals surface area contributed by atoms with Crippen LogP contribution < -0.4 is 16.4 Å². The van der Waals surface area contributed by atoms with E-state index in [1.165, 1.54) is 20.9 Å². The van der Waals surface area contributed by atoms with E-state index in [0.29, 0.717) is 0 Å². The topological polar surface area (TPSA) is 118 Å². The van der Waals surface area contributed by atoms with Gasteiger partial charge in [-0.15, -0.1) is 0 Å². The number of imide groups is 1. The minimum Gasteiger partial charge on any atom is -0.341 e. The lowest BCUT2D eigenvalue weighted by Gasteiger charge is -2.17. The number of carbonyl (C=O) groups is 2. The van der Waals surface area contributed by atoms with Crippen molar-refractivity contribution in [3.63, 3.8) is 0 Å². The Morgan fingerprint density at radius 2 is 1.82 bits per heavy atom. The summed E-state index contributed by atoms with van der Waals surface area (Å²) >= 11 is 0. The van der Waals surface area contributed by atoms with Gasteiger partial charge in [0, 0.05) is 7.05 Å². The van der Waals surface area contributed by atoms with Crippen LogP contribution in [-0.4, -0.2) is 44.4 Å². The van der Waals surface area contributed by atoms with Gasteiger partial charge in [0.25, 0.3) is 0 Å². The fourth-order valence-corrected chi connectivity index (χ4v) is 2.69.